The molecule has 0 unspecified atom stereocenters. The van der Waals surface area contributed by atoms with E-state index in [2.05, 4.69) is 10.2 Å². The third kappa shape index (κ3) is 2.57. The van der Waals surface area contributed by atoms with E-state index in [1.807, 2.05) is 6.92 Å². The van der Waals surface area contributed by atoms with Crippen molar-refractivity contribution in [2.75, 3.05) is 0 Å². The summed E-state index contributed by atoms with van der Waals surface area (Å²) in [5.74, 6) is -1.28. The Hall–Kier alpha value is -2.33. The Bertz CT molecular complexity index is 815. The highest BCUT2D eigenvalue weighted by Crippen LogP contribution is 2.36. The van der Waals surface area contributed by atoms with Crippen LogP contribution < -0.4 is 0 Å². The van der Waals surface area contributed by atoms with Gasteiger partial charge in [0.25, 0.3) is 0 Å². The number of aromatic nitrogens is 2. The van der Waals surface area contributed by atoms with Gasteiger partial charge in [-0.15, -0.1) is 0 Å². The van der Waals surface area contributed by atoms with Gasteiger partial charge in [0.15, 0.2) is 0 Å². The molecule has 0 aliphatic rings. The summed E-state index contributed by atoms with van der Waals surface area (Å²) >= 11 is 6.26. The second-order valence-electron chi connectivity index (χ2n) is 4.87. The van der Waals surface area contributed by atoms with Crippen LogP contribution in [0.2, 0.25) is 5.02 Å². The Kier molecular flexibility index (Phi) is 3.86. The summed E-state index contributed by atoms with van der Waals surface area (Å²) < 4.78 is 27.9. The first-order valence-electron chi connectivity index (χ1n) is 6.59. The van der Waals surface area contributed by atoms with Crippen LogP contribution in [0.1, 0.15) is 5.56 Å². The maximum atomic E-state index is 14.0. The molecule has 22 heavy (non-hydrogen) atoms. The van der Waals surface area contributed by atoms with Gasteiger partial charge in [0.1, 0.15) is 11.6 Å². The SMILES string of the molecule is Cc1cc(-c2c(F)cccc2F)c(Cl)cc1-c1ccnnc1. The zero-order valence-corrected chi connectivity index (χ0v) is 12.4. The second-order valence-corrected chi connectivity index (χ2v) is 5.28. The van der Waals surface area contributed by atoms with E-state index < -0.39 is 11.6 Å². The van der Waals surface area contributed by atoms with Crippen molar-refractivity contribution >= 4 is 11.6 Å². The van der Waals surface area contributed by atoms with Gasteiger partial charge in [-0.25, -0.2) is 8.78 Å². The van der Waals surface area contributed by atoms with Crippen LogP contribution in [0.15, 0.2) is 48.8 Å². The van der Waals surface area contributed by atoms with Crippen molar-refractivity contribution in [2.45, 2.75) is 6.92 Å². The number of hydrogen-bond donors (Lipinski definition) is 0. The van der Waals surface area contributed by atoms with Crippen molar-refractivity contribution in [1.82, 2.24) is 10.2 Å². The van der Waals surface area contributed by atoms with Crippen LogP contribution >= 0.6 is 11.6 Å². The van der Waals surface area contributed by atoms with Crippen LogP contribution in [0, 0.1) is 18.6 Å². The summed E-state index contributed by atoms with van der Waals surface area (Å²) in [6, 6.07) is 8.92. The van der Waals surface area contributed by atoms with Crippen LogP contribution in [0.3, 0.4) is 0 Å². The summed E-state index contributed by atoms with van der Waals surface area (Å²) in [6.07, 6.45) is 3.19. The lowest BCUT2D eigenvalue weighted by Gasteiger charge is -2.12. The van der Waals surface area contributed by atoms with Crippen LogP contribution in [-0.4, -0.2) is 10.2 Å². The zero-order valence-electron chi connectivity index (χ0n) is 11.6. The molecule has 1 aromatic heterocycles. The first-order chi connectivity index (χ1) is 10.6. The summed E-state index contributed by atoms with van der Waals surface area (Å²) in [4.78, 5) is 0. The van der Waals surface area contributed by atoms with Crippen LogP contribution in [0.25, 0.3) is 22.3 Å². The molecule has 0 radical (unpaired) electrons. The highest BCUT2D eigenvalue weighted by Gasteiger charge is 2.16. The molecule has 0 fully saturated rings. The molecule has 0 aliphatic heterocycles. The van der Waals surface area contributed by atoms with Crippen molar-refractivity contribution in [3.8, 4) is 22.3 Å². The Labute approximate surface area is 131 Å². The van der Waals surface area contributed by atoms with E-state index >= 15 is 0 Å². The minimum absolute atomic E-state index is 0.116. The smallest absolute Gasteiger partial charge is 0.134 e. The topological polar surface area (TPSA) is 25.8 Å². The van der Waals surface area contributed by atoms with Gasteiger partial charge in [-0.2, -0.15) is 10.2 Å². The standard InChI is InChI=1S/C17H11ClF2N2/c1-10-7-13(17-15(19)3-2-4-16(17)20)14(18)8-12(10)11-5-6-21-22-9-11/h2-9H,1H3. The summed E-state index contributed by atoms with van der Waals surface area (Å²) in [7, 11) is 0. The predicted molar refractivity (Wildman–Crippen MR) is 82.6 cm³/mol. The van der Waals surface area contributed by atoms with Crippen molar-refractivity contribution < 1.29 is 8.78 Å². The van der Waals surface area contributed by atoms with Gasteiger partial charge in [-0.3, -0.25) is 0 Å². The molecule has 0 N–H and O–H groups in total. The molecular weight excluding hydrogens is 306 g/mol. The molecule has 0 amide bonds. The monoisotopic (exact) mass is 316 g/mol. The molecular formula is C17H11ClF2N2. The quantitative estimate of drug-likeness (QED) is 0.661. The fourth-order valence-electron chi connectivity index (χ4n) is 2.39. The number of halogens is 3. The van der Waals surface area contributed by atoms with Crippen LogP contribution in [0.5, 0.6) is 0 Å². The van der Waals surface area contributed by atoms with Crippen LogP contribution in [0.4, 0.5) is 8.78 Å². The Morgan fingerprint density at radius 1 is 0.955 bits per heavy atom. The minimum Gasteiger partial charge on any atom is -0.206 e. The fraction of sp³-hybridized carbons (Fsp3) is 0.0588. The lowest BCUT2D eigenvalue weighted by atomic mass is 9.96. The molecule has 0 aliphatic carbocycles. The largest absolute Gasteiger partial charge is 0.206 e. The number of nitrogens with zero attached hydrogens (tertiary/aromatic N) is 2. The maximum absolute atomic E-state index is 14.0. The Morgan fingerprint density at radius 3 is 2.32 bits per heavy atom. The summed E-state index contributed by atoms with van der Waals surface area (Å²) in [6.45, 7) is 1.86. The van der Waals surface area contributed by atoms with Gasteiger partial charge in [0.2, 0.25) is 0 Å². The van der Waals surface area contributed by atoms with Gasteiger partial charge in [0, 0.05) is 16.1 Å². The van der Waals surface area contributed by atoms with Crippen molar-refractivity contribution in [3.05, 3.63) is 71.0 Å². The lowest BCUT2D eigenvalue weighted by Crippen LogP contribution is -1.93. The van der Waals surface area contributed by atoms with Crippen molar-refractivity contribution in [2.24, 2.45) is 0 Å². The van der Waals surface area contributed by atoms with E-state index in [0.29, 0.717) is 5.56 Å². The van der Waals surface area contributed by atoms with Gasteiger partial charge >= 0.3 is 0 Å². The first-order valence-corrected chi connectivity index (χ1v) is 6.97. The molecule has 3 rings (SSSR count). The molecule has 0 saturated heterocycles. The highest BCUT2D eigenvalue weighted by molar-refractivity contribution is 6.33. The highest BCUT2D eigenvalue weighted by atomic mass is 35.5. The summed E-state index contributed by atoms with van der Waals surface area (Å²) in [5.41, 5.74) is 2.75. The molecule has 0 atom stereocenters. The molecule has 5 heteroatoms. The molecule has 3 aromatic rings. The van der Waals surface area contributed by atoms with E-state index in [-0.39, 0.29) is 10.6 Å². The van der Waals surface area contributed by atoms with Gasteiger partial charge in [-0.1, -0.05) is 17.7 Å². The van der Waals surface area contributed by atoms with E-state index in [9.17, 15) is 8.78 Å². The van der Waals surface area contributed by atoms with E-state index in [1.165, 1.54) is 18.2 Å². The van der Waals surface area contributed by atoms with Crippen molar-refractivity contribution in [3.63, 3.8) is 0 Å². The van der Waals surface area contributed by atoms with Crippen LogP contribution in [-0.2, 0) is 0 Å². The first kappa shape index (κ1) is 14.6. The van der Waals surface area contributed by atoms with Gasteiger partial charge < -0.3 is 0 Å². The zero-order chi connectivity index (χ0) is 15.7. The van der Waals surface area contributed by atoms with E-state index in [4.69, 9.17) is 11.6 Å². The average molecular weight is 317 g/mol. The molecule has 2 aromatic carbocycles. The molecule has 0 bridgehead atoms. The number of benzene rings is 2. The van der Waals surface area contributed by atoms with E-state index in [0.717, 1.165) is 16.7 Å². The molecule has 110 valence electrons. The average Bonchev–Trinajstić information content (AvgIpc) is 2.51. The summed E-state index contributed by atoms with van der Waals surface area (Å²) in [5, 5.41) is 7.84. The molecule has 1 heterocycles. The maximum Gasteiger partial charge on any atom is 0.134 e. The normalized spacial score (nSPS) is 10.7. The lowest BCUT2D eigenvalue weighted by molar-refractivity contribution is 0.589. The molecule has 0 spiro atoms. The third-order valence-corrected chi connectivity index (χ3v) is 3.75. The number of aryl methyl sites for hydroxylation is 1. The Balaban J connectivity index is 2.19. The number of hydrogen-bond acceptors (Lipinski definition) is 2. The third-order valence-electron chi connectivity index (χ3n) is 3.44. The van der Waals surface area contributed by atoms with Gasteiger partial charge in [-0.05, 0) is 48.4 Å². The van der Waals surface area contributed by atoms with E-state index in [1.54, 1.807) is 30.6 Å². The molecule has 2 nitrogen and oxygen atoms in total. The van der Waals surface area contributed by atoms with Gasteiger partial charge in [0.05, 0.1) is 18.0 Å². The predicted octanol–water partition coefficient (Wildman–Crippen LogP) is 5.05. The fourth-order valence-corrected chi connectivity index (χ4v) is 2.65. The molecule has 0 saturated carbocycles. The number of rotatable bonds is 2. The second kappa shape index (κ2) is 5.81. The van der Waals surface area contributed by atoms with Crippen molar-refractivity contribution in [1.29, 1.82) is 0 Å². The minimum atomic E-state index is -0.639. The Morgan fingerprint density at radius 2 is 1.68 bits per heavy atom.